The minimum atomic E-state index is 0.689. The molecule has 0 saturated carbocycles. The summed E-state index contributed by atoms with van der Waals surface area (Å²) < 4.78 is 7.37. The Bertz CT molecular complexity index is 850. The van der Waals surface area contributed by atoms with Crippen LogP contribution in [0.15, 0.2) is 65.5 Å². The number of nitrogens with zero attached hydrogens (tertiary/aromatic N) is 4. The van der Waals surface area contributed by atoms with Gasteiger partial charge in [-0.05, 0) is 36.4 Å². The van der Waals surface area contributed by atoms with Crippen LogP contribution in [0.1, 0.15) is 0 Å². The van der Waals surface area contributed by atoms with E-state index < -0.39 is 0 Å². The van der Waals surface area contributed by atoms with E-state index in [0.29, 0.717) is 11.6 Å². The van der Waals surface area contributed by atoms with Crippen molar-refractivity contribution < 1.29 is 4.42 Å². The quantitative estimate of drug-likeness (QED) is 0.557. The van der Waals surface area contributed by atoms with Crippen molar-refractivity contribution in [2.75, 3.05) is 0 Å². The lowest BCUT2D eigenvalue weighted by atomic mass is 10.4. The summed E-state index contributed by atoms with van der Waals surface area (Å²) in [6.07, 6.45) is 5.12. The maximum absolute atomic E-state index is 5.47. The third kappa shape index (κ3) is 1.60. The molecule has 0 aliphatic carbocycles. The molecule has 0 fully saturated rings. The highest BCUT2D eigenvalue weighted by atomic mass is 16.3. The van der Waals surface area contributed by atoms with Crippen molar-refractivity contribution in [3.63, 3.8) is 0 Å². The van der Waals surface area contributed by atoms with Gasteiger partial charge in [0.05, 0.1) is 6.26 Å². The number of pyridine rings is 2. The molecular formula is C15H10N4O. The smallest absolute Gasteiger partial charge is 0.184 e. The van der Waals surface area contributed by atoms with Gasteiger partial charge in [-0.1, -0.05) is 6.07 Å². The van der Waals surface area contributed by atoms with Crippen molar-refractivity contribution >= 4 is 11.2 Å². The zero-order chi connectivity index (χ0) is 13.4. The summed E-state index contributed by atoms with van der Waals surface area (Å²) in [4.78, 5) is 13.4. The Kier molecular flexibility index (Phi) is 2.35. The molecular weight excluding hydrogens is 252 g/mol. The number of aromatic nitrogens is 4. The van der Waals surface area contributed by atoms with Crippen LogP contribution in [0, 0.1) is 0 Å². The third-order valence-electron chi connectivity index (χ3n) is 3.04. The number of hydrogen-bond acceptors (Lipinski definition) is 4. The molecule has 0 spiro atoms. The molecule has 4 rings (SSSR count). The molecule has 0 amide bonds. The minimum absolute atomic E-state index is 0.689. The Balaban J connectivity index is 2.09. The fourth-order valence-corrected chi connectivity index (χ4v) is 2.19. The Morgan fingerprint density at radius 2 is 1.85 bits per heavy atom. The molecule has 4 aromatic rings. The van der Waals surface area contributed by atoms with E-state index in [-0.39, 0.29) is 0 Å². The zero-order valence-electron chi connectivity index (χ0n) is 10.5. The summed E-state index contributed by atoms with van der Waals surface area (Å²) in [5.74, 6) is 2.15. The second kappa shape index (κ2) is 4.31. The normalized spacial score (nSPS) is 11.0. The molecule has 0 unspecified atom stereocenters. The van der Waals surface area contributed by atoms with Crippen LogP contribution in [0.4, 0.5) is 0 Å². The van der Waals surface area contributed by atoms with Crippen molar-refractivity contribution in [1.82, 2.24) is 19.5 Å². The minimum Gasteiger partial charge on any atom is -0.461 e. The summed E-state index contributed by atoms with van der Waals surface area (Å²) in [7, 11) is 0. The fourth-order valence-electron chi connectivity index (χ4n) is 2.19. The number of imidazole rings is 1. The molecule has 5 nitrogen and oxygen atoms in total. The van der Waals surface area contributed by atoms with Crippen LogP contribution in [0.3, 0.4) is 0 Å². The molecule has 96 valence electrons. The average Bonchev–Trinajstić information content (AvgIpc) is 3.15. The van der Waals surface area contributed by atoms with Gasteiger partial charge >= 0.3 is 0 Å². The van der Waals surface area contributed by atoms with Crippen molar-refractivity contribution in [2.24, 2.45) is 0 Å². The summed E-state index contributed by atoms with van der Waals surface area (Å²) in [5.41, 5.74) is 1.57. The van der Waals surface area contributed by atoms with E-state index in [1.807, 2.05) is 47.0 Å². The molecule has 0 atom stereocenters. The predicted octanol–water partition coefficient (Wildman–Crippen LogP) is 3.08. The Morgan fingerprint density at radius 1 is 0.900 bits per heavy atom. The second-order valence-corrected chi connectivity index (χ2v) is 4.28. The molecule has 0 bridgehead atoms. The van der Waals surface area contributed by atoms with Gasteiger partial charge in [-0.2, -0.15) is 0 Å². The molecule has 0 saturated heterocycles. The van der Waals surface area contributed by atoms with Crippen LogP contribution < -0.4 is 0 Å². The number of rotatable bonds is 2. The van der Waals surface area contributed by atoms with Gasteiger partial charge in [-0.15, -0.1) is 0 Å². The summed E-state index contributed by atoms with van der Waals surface area (Å²) in [6.45, 7) is 0. The fraction of sp³-hybridized carbons (Fsp3) is 0. The topological polar surface area (TPSA) is 56.7 Å². The molecule has 0 aliphatic rings. The first-order valence-corrected chi connectivity index (χ1v) is 6.22. The maximum Gasteiger partial charge on any atom is 0.184 e. The number of furan rings is 1. The van der Waals surface area contributed by atoms with E-state index in [2.05, 4.69) is 15.0 Å². The number of fused-ring (bicyclic) bond motifs is 1. The van der Waals surface area contributed by atoms with E-state index >= 15 is 0 Å². The Hall–Kier alpha value is -2.95. The summed E-state index contributed by atoms with van der Waals surface area (Å²) >= 11 is 0. The van der Waals surface area contributed by atoms with Gasteiger partial charge in [0.25, 0.3) is 0 Å². The first kappa shape index (κ1) is 10.9. The first-order chi connectivity index (χ1) is 9.93. The van der Waals surface area contributed by atoms with Crippen molar-refractivity contribution in [3.8, 4) is 17.4 Å². The van der Waals surface area contributed by atoms with Gasteiger partial charge in [0.2, 0.25) is 0 Å². The van der Waals surface area contributed by atoms with E-state index in [0.717, 1.165) is 17.0 Å². The van der Waals surface area contributed by atoms with Crippen LogP contribution in [-0.4, -0.2) is 19.5 Å². The Labute approximate surface area is 114 Å². The summed E-state index contributed by atoms with van der Waals surface area (Å²) in [5, 5.41) is 0. The van der Waals surface area contributed by atoms with Crippen LogP contribution >= 0.6 is 0 Å². The van der Waals surface area contributed by atoms with Gasteiger partial charge < -0.3 is 4.42 Å². The molecule has 4 heterocycles. The molecule has 0 N–H and O–H groups in total. The lowest BCUT2D eigenvalue weighted by Gasteiger charge is -2.05. The van der Waals surface area contributed by atoms with Crippen molar-refractivity contribution in [3.05, 3.63) is 61.1 Å². The van der Waals surface area contributed by atoms with Gasteiger partial charge in [0.1, 0.15) is 11.3 Å². The molecule has 0 aromatic carbocycles. The molecule has 5 heteroatoms. The van der Waals surface area contributed by atoms with E-state index in [1.54, 1.807) is 18.7 Å². The first-order valence-electron chi connectivity index (χ1n) is 6.22. The van der Waals surface area contributed by atoms with E-state index in [9.17, 15) is 0 Å². The summed E-state index contributed by atoms with van der Waals surface area (Å²) in [6, 6.07) is 13.2. The van der Waals surface area contributed by atoms with Gasteiger partial charge in [-0.25, -0.2) is 15.0 Å². The molecule has 20 heavy (non-hydrogen) atoms. The third-order valence-corrected chi connectivity index (χ3v) is 3.04. The van der Waals surface area contributed by atoms with Gasteiger partial charge in [-0.3, -0.25) is 4.57 Å². The predicted molar refractivity (Wildman–Crippen MR) is 74.4 cm³/mol. The lowest BCUT2D eigenvalue weighted by Crippen LogP contribution is -2.00. The monoisotopic (exact) mass is 262 g/mol. The Morgan fingerprint density at radius 3 is 2.65 bits per heavy atom. The largest absolute Gasteiger partial charge is 0.461 e. The van der Waals surface area contributed by atoms with Gasteiger partial charge in [0.15, 0.2) is 17.2 Å². The maximum atomic E-state index is 5.47. The highest BCUT2D eigenvalue weighted by Gasteiger charge is 2.17. The van der Waals surface area contributed by atoms with Crippen molar-refractivity contribution in [1.29, 1.82) is 0 Å². The van der Waals surface area contributed by atoms with E-state index in [4.69, 9.17) is 4.42 Å². The molecule has 4 aromatic heterocycles. The van der Waals surface area contributed by atoms with Crippen LogP contribution in [0.5, 0.6) is 0 Å². The highest BCUT2D eigenvalue weighted by Crippen LogP contribution is 2.26. The van der Waals surface area contributed by atoms with Crippen LogP contribution in [0.25, 0.3) is 28.6 Å². The highest BCUT2D eigenvalue weighted by molar-refractivity contribution is 5.78. The zero-order valence-corrected chi connectivity index (χ0v) is 10.5. The molecule has 0 radical (unpaired) electrons. The van der Waals surface area contributed by atoms with Crippen molar-refractivity contribution in [2.45, 2.75) is 0 Å². The van der Waals surface area contributed by atoms with Crippen LogP contribution in [0.2, 0.25) is 0 Å². The molecule has 0 aliphatic heterocycles. The van der Waals surface area contributed by atoms with E-state index in [1.165, 1.54) is 0 Å². The SMILES string of the molecule is c1ccc(-n2c(-c3ccco3)nc3cccnc32)nc1. The number of hydrogen-bond donors (Lipinski definition) is 0. The van der Waals surface area contributed by atoms with Crippen LogP contribution in [-0.2, 0) is 0 Å². The average molecular weight is 262 g/mol. The standard InChI is InChI=1S/C15H10N4O/c1-2-8-16-13(7-1)19-14-11(5-3-9-17-14)18-15(19)12-6-4-10-20-12/h1-10H. The van der Waals surface area contributed by atoms with Gasteiger partial charge in [0, 0.05) is 12.4 Å². The lowest BCUT2D eigenvalue weighted by molar-refractivity contribution is 0.576. The second-order valence-electron chi connectivity index (χ2n) is 4.28.